The second-order valence-electron chi connectivity index (χ2n) is 4.45. The van der Waals surface area contributed by atoms with Crippen LogP contribution in [0.25, 0.3) is 10.2 Å². The normalized spacial score (nSPS) is 10.9. The van der Waals surface area contributed by atoms with Gasteiger partial charge in [0.1, 0.15) is 10.6 Å². The summed E-state index contributed by atoms with van der Waals surface area (Å²) in [7, 11) is 1.77. The van der Waals surface area contributed by atoms with E-state index in [0.29, 0.717) is 5.95 Å². The zero-order valence-electron chi connectivity index (χ0n) is 11.2. The highest BCUT2D eigenvalue weighted by Gasteiger charge is 2.19. The Hall–Kier alpha value is -1.89. The van der Waals surface area contributed by atoms with Crippen molar-refractivity contribution in [1.82, 2.24) is 9.97 Å². The Kier molecular flexibility index (Phi) is 3.84. The number of hydrogen-bond acceptors (Lipinski definition) is 6. The van der Waals surface area contributed by atoms with Crippen LogP contribution in [-0.4, -0.2) is 35.5 Å². The molecule has 19 heavy (non-hydrogen) atoms. The maximum atomic E-state index is 11.2. The average molecular weight is 279 g/mol. The van der Waals surface area contributed by atoms with Gasteiger partial charge in [-0.15, -0.1) is 11.3 Å². The molecule has 2 heterocycles. The molecule has 0 unspecified atom stereocenters. The van der Waals surface area contributed by atoms with E-state index in [1.807, 2.05) is 30.2 Å². The molecular weight excluding hydrogens is 262 g/mol. The van der Waals surface area contributed by atoms with E-state index in [0.717, 1.165) is 16.0 Å². The molecule has 0 bridgehead atoms. The minimum atomic E-state index is -0.373. The average Bonchev–Trinajstić information content (AvgIpc) is 2.82. The Morgan fingerprint density at radius 1 is 1.53 bits per heavy atom. The third-order valence-corrected chi connectivity index (χ3v) is 3.56. The molecule has 0 aliphatic carbocycles. The van der Waals surface area contributed by atoms with Gasteiger partial charge in [-0.25, -0.2) is 4.98 Å². The van der Waals surface area contributed by atoms with Crippen molar-refractivity contribution >= 4 is 39.2 Å². The van der Waals surface area contributed by atoms with Crippen molar-refractivity contribution in [2.24, 2.45) is 5.73 Å². The molecule has 6 nitrogen and oxygen atoms in total. The second-order valence-corrected chi connectivity index (χ2v) is 5.34. The summed E-state index contributed by atoms with van der Waals surface area (Å²) in [6, 6.07) is 2.08. The van der Waals surface area contributed by atoms with Gasteiger partial charge in [0, 0.05) is 13.1 Å². The SMILES string of the molecule is CNc1nc(N(CC(N)=O)C(C)C)c2ccsc2n1. The molecule has 0 aliphatic heterocycles. The van der Waals surface area contributed by atoms with E-state index in [1.165, 1.54) is 0 Å². The van der Waals surface area contributed by atoms with Crippen molar-refractivity contribution in [3.8, 4) is 0 Å². The number of nitrogens with one attached hydrogen (secondary N) is 1. The van der Waals surface area contributed by atoms with Gasteiger partial charge in [0.05, 0.1) is 11.9 Å². The molecule has 0 spiro atoms. The number of hydrogen-bond donors (Lipinski definition) is 2. The molecule has 7 heteroatoms. The molecule has 102 valence electrons. The fourth-order valence-electron chi connectivity index (χ4n) is 1.84. The predicted molar refractivity (Wildman–Crippen MR) is 78.6 cm³/mol. The van der Waals surface area contributed by atoms with E-state index in [1.54, 1.807) is 18.4 Å². The van der Waals surface area contributed by atoms with Crippen LogP contribution in [0.5, 0.6) is 0 Å². The van der Waals surface area contributed by atoms with Gasteiger partial charge < -0.3 is 16.0 Å². The van der Waals surface area contributed by atoms with Gasteiger partial charge in [0.25, 0.3) is 0 Å². The number of anilines is 2. The zero-order chi connectivity index (χ0) is 14.0. The van der Waals surface area contributed by atoms with Gasteiger partial charge in [-0.2, -0.15) is 4.98 Å². The Labute approximate surface area is 115 Å². The predicted octanol–water partition coefficient (Wildman–Crippen LogP) is 1.43. The quantitative estimate of drug-likeness (QED) is 0.865. The van der Waals surface area contributed by atoms with Gasteiger partial charge in [0.2, 0.25) is 11.9 Å². The van der Waals surface area contributed by atoms with Crippen LogP contribution in [0.1, 0.15) is 13.8 Å². The lowest BCUT2D eigenvalue weighted by Crippen LogP contribution is -2.39. The fourth-order valence-corrected chi connectivity index (χ4v) is 2.60. The van der Waals surface area contributed by atoms with Crippen molar-refractivity contribution in [1.29, 1.82) is 0 Å². The lowest BCUT2D eigenvalue weighted by atomic mass is 10.2. The Morgan fingerprint density at radius 3 is 2.84 bits per heavy atom. The minimum Gasteiger partial charge on any atom is -0.368 e. The summed E-state index contributed by atoms with van der Waals surface area (Å²) in [5.41, 5.74) is 5.32. The Balaban J connectivity index is 2.56. The molecule has 2 rings (SSSR count). The van der Waals surface area contributed by atoms with E-state index < -0.39 is 0 Å². The van der Waals surface area contributed by atoms with Gasteiger partial charge in [0.15, 0.2) is 0 Å². The van der Waals surface area contributed by atoms with E-state index in [9.17, 15) is 4.79 Å². The summed E-state index contributed by atoms with van der Waals surface area (Å²) < 4.78 is 0. The summed E-state index contributed by atoms with van der Waals surface area (Å²) >= 11 is 1.55. The first-order chi connectivity index (χ1) is 9.02. The number of carbonyl (C=O) groups excluding carboxylic acids is 1. The second kappa shape index (κ2) is 5.40. The van der Waals surface area contributed by atoms with Crippen molar-refractivity contribution in [2.75, 3.05) is 23.8 Å². The van der Waals surface area contributed by atoms with Gasteiger partial charge in [-0.3, -0.25) is 4.79 Å². The van der Waals surface area contributed by atoms with Gasteiger partial charge >= 0.3 is 0 Å². The Bertz CT molecular complexity index is 595. The first-order valence-electron chi connectivity index (χ1n) is 6.01. The van der Waals surface area contributed by atoms with Gasteiger partial charge in [-0.1, -0.05) is 0 Å². The molecule has 2 aromatic heterocycles. The third kappa shape index (κ3) is 2.76. The lowest BCUT2D eigenvalue weighted by molar-refractivity contribution is -0.116. The third-order valence-electron chi connectivity index (χ3n) is 2.75. The van der Waals surface area contributed by atoms with Crippen molar-refractivity contribution in [3.63, 3.8) is 0 Å². The van der Waals surface area contributed by atoms with E-state index in [2.05, 4.69) is 15.3 Å². The number of aromatic nitrogens is 2. The summed E-state index contributed by atoms with van der Waals surface area (Å²) in [5.74, 6) is 0.908. The van der Waals surface area contributed by atoms with Crippen LogP contribution in [-0.2, 0) is 4.79 Å². The van der Waals surface area contributed by atoms with Crippen molar-refractivity contribution in [2.45, 2.75) is 19.9 Å². The molecule has 0 saturated carbocycles. The number of primary amides is 1. The van der Waals surface area contributed by atoms with E-state index in [-0.39, 0.29) is 18.5 Å². The van der Waals surface area contributed by atoms with Crippen molar-refractivity contribution in [3.05, 3.63) is 11.4 Å². The van der Waals surface area contributed by atoms with Crippen LogP contribution in [0.3, 0.4) is 0 Å². The maximum absolute atomic E-state index is 11.2. The monoisotopic (exact) mass is 279 g/mol. The summed E-state index contributed by atoms with van der Waals surface area (Å²) in [4.78, 5) is 22.9. The molecule has 3 N–H and O–H groups in total. The van der Waals surface area contributed by atoms with Crippen LogP contribution >= 0.6 is 11.3 Å². The highest BCUT2D eigenvalue weighted by molar-refractivity contribution is 7.16. The van der Waals surface area contributed by atoms with Crippen LogP contribution in [0.4, 0.5) is 11.8 Å². The first kappa shape index (κ1) is 13.5. The number of carbonyl (C=O) groups is 1. The molecule has 0 fully saturated rings. The molecule has 0 radical (unpaired) electrons. The molecule has 1 amide bonds. The number of thiophene rings is 1. The largest absolute Gasteiger partial charge is 0.368 e. The van der Waals surface area contributed by atoms with Crippen LogP contribution in [0.2, 0.25) is 0 Å². The molecule has 0 saturated heterocycles. The number of fused-ring (bicyclic) bond motifs is 1. The van der Waals surface area contributed by atoms with Crippen LogP contribution in [0, 0.1) is 0 Å². The zero-order valence-corrected chi connectivity index (χ0v) is 12.0. The Morgan fingerprint density at radius 2 is 2.26 bits per heavy atom. The van der Waals surface area contributed by atoms with Gasteiger partial charge in [-0.05, 0) is 25.3 Å². The highest BCUT2D eigenvalue weighted by atomic mass is 32.1. The number of rotatable bonds is 5. The summed E-state index contributed by atoms with van der Waals surface area (Å²) in [6.45, 7) is 4.15. The maximum Gasteiger partial charge on any atom is 0.237 e. The highest BCUT2D eigenvalue weighted by Crippen LogP contribution is 2.29. The number of amides is 1. The molecule has 2 aromatic rings. The van der Waals surface area contributed by atoms with E-state index in [4.69, 9.17) is 5.73 Å². The standard InChI is InChI=1S/C12H17N5OS/c1-7(2)17(6-9(13)18)10-8-4-5-19-11(8)16-12(14-3)15-10/h4-5,7H,6H2,1-3H3,(H2,13,18)(H,14,15,16). The lowest BCUT2D eigenvalue weighted by Gasteiger charge is -2.27. The first-order valence-corrected chi connectivity index (χ1v) is 6.89. The number of nitrogens with zero attached hydrogens (tertiary/aromatic N) is 3. The minimum absolute atomic E-state index is 0.121. The van der Waals surface area contributed by atoms with E-state index >= 15 is 0 Å². The molecular formula is C12H17N5OS. The van der Waals surface area contributed by atoms with Crippen LogP contribution in [0.15, 0.2) is 11.4 Å². The molecule has 0 aliphatic rings. The topological polar surface area (TPSA) is 84.1 Å². The summed E-state index contributed by atoms with van der Waals surface area (Å²) in [5, 5.41) is 5.84. The molecule has 0 atom stereocenters. The summed E-state index contributed by atoms with van der Waals surface area (Å²) in [6.07, 6.45) is 0. The smallest absolute Gasteiger partial charge is 0.237 e. The van der Waals surface area contributed by atoms with Crippen molar-refractivity contribution < 1.29 is 4.79 Å². The number of nitrogens with two attached hydrogens (primary N) is 1. The molecule has 0 aromatic carbocycles. The fraction of sp³-hybridized carbons (Fsp3) is 0.417. The van der Waals surface area contributed by atoms with Crippen LogP contribution < -0.4 is 16.0 Å².